The SMILES string of the molecule is CCCC=O.CC[CH2][AlH][CH2]CC. The molecule has 0 bridgehead atoms. The van der Waals surface area contributed by atoms with Crippen molar-refractivity contribution in [2.45, 2.75) is 57.0 Å². The van der Waals surface area contributed by atoms with Crippen molar-refractivity contribution in [3.8, 4) is 0 Å². The van der Waals surface area contributed by atoms with Crippen LogP contribution in [-0.2, 0) is 4.79 Å². The summed E-state index contributed by atoms with van der Waals surface area (Å²) in [4.78, 5) is 9.40. The van der Waals surface area contributed by atoms with Crippen molar-refractivity contribution in [1.29, 1.82) is 0 Å². The van der Waals surface area contributed by atoms with Crippen molar-refractivity contribution in [3.05, 3.63) is 0 Å². The highest BCUT2D eigenvalue weighted by Crippen LogP contribution is 1.92. The van der Waals surface area contributed by atoms with Crippen molar-refractivity contribution in [1.82, 2.24) is 0 Å². The van der Waals surface area contributed by atoms with Gasteiger partial charge < -0.3 is 4.79 Å². The molecule has 0 amide bonds. The van der Waals surface area contributed by atoms with Crippen LogP contribution in [0.3, 0.4) is 0 Å². The number of rotatable bonds is 6. The van der Waals surface area contributed by atoms with Gasteiger partial charge in [-0.1, -0.05) is 44.2 Å². The molecule has 0 radical (unpaired) electrons. The van der Waals surface area contributed by atoms with Crippen molar-refractivity contribution < 1.29 is 4.79 Å². The Kier molecular flexibility index (Phi) is 21.2. The quantitative estimate of drug-likeness (QED) is 0.354. The summed E-state index contributed by atoms with van der Waals surface area (Å²) >= 11 is 0.411. The van der Waals surface area contributed by atoms with Gasteiger partial charge in [0.1, 0.15) is 6.29 Å². The fraction of sp³-hybridized carbons (Fsp3) is 0.900. The lowest BCUT2D eigenvalue weighted by atomic mass is 10.4. The molecular formula is C10H23AlO. The number of hydrogen-bond donors (Lipinski definition) is 0. The lowest BCUT2D eigenvalue weighted by Crippen LogP contribution is -1.84. The van der Waals surface area contributed by atoms with Crippen molar-refractivity contribution in [3.63, 3.8) is 0 Å². The Labute approximate surface area is 83.6 Å². The van der Waals surface area contributed by atoms with Gasteiger partial charge in [-0.05, 0) is 6.42 Å². The number of carbonyl (C=O) groups excluding carboxylic acids is 1. The summed E-state index contributed by atoms with van der Waals surface area (Å²) < 4.78 is 0. The van der Waals surface area contributed by atoms with Crippen LogP contribution >= 0.6 is 0 Å². The minimum Gasteiger partial charge on any atom is -0.303 e. The van der Waals surface area contributed by atoms with E-state index in [2.05, 4.69) is 13.8 Å². The third-order valence-corrected chi connectivity index (χ3v) is 4.03. The molecule has 0 heterocycles. The largest absolute Gasteiger partial charge is 0.303 e. The van der Waals surface area contributed by atoms with Crippen LogP contribution < -0.4 is 0 Å². The zero-order chi connectivity index (χ0) is 9.66. The van der Waals surface area contributed by atoms with Crippen molar-refractivity contribution in [2.24, 2.45) is 0 Å². The van der Waals surface area contributed by atoms with Crippen LogP contribution in [0.2, 0.25) is 10.6 Å². The molecule has 0 aromatic heterocycles. The summed E-state index contributed by atoms with van der Waals surface area (Å²) in [5, 5.41) is 3.13. The number of unbranched alkanes of at least 4 members (excludes halogenated alkanes) is 1. The molecule has 72 valence electrons. The van der Waals surface area contributed by atoms with E-state index in [0.717, 1.165) is 12.7 Å². The first kappa shape index (κ1) is 14.7. The summed E-state index contributed by atoms with van der Waals surface area (Å²) in [5.74, 6) is 0. The van der Waals surface area contributed by atoms with Gasteiger partial charge in [-0.2, -0.15) is 0 Å². The summed E-state index contributed by atoms with van der Waals surface area (Å²) in [6.45, 7) is 6.54. The average Bonchev–Trinajstić information content (AvgIpc) is 2.08. The first-order valence-electron chi connectivity index (χ1n) is 5.27. The van der Waals surface area contributed by atoms with E-state index < -0.39 is 0 Å². The molecule has 2 heteroatoms. The van der Waals surface area contributed by atoms with Gasteiger partial charge in [-0.25, -0.2) is 0 Å². The van der Waals surface area contributed by atoms with Crippen LogP contribution in [0.25, 0.3) is 0 Å². The molecule has 0 aliphatic rings. The topological polar surface area (TPSA) is 17.1 Å². The Balaban J connectivity index is 0. The number of carbonyl (C=O) groups is 1. The smallest absolute Gasteiger partial charge is 0.236 e. The molecule has 12 heavy (non-hydrogen) atoms. The van der Waals surface area contributed by atoms with Crippen molar-refractivity contribution >= 4 is 21.5 Å². The molecule has 1 nitrogen and oxygen atoms in total. The Morgan fingerprint density at radius 3 is 1.67 bits per heavy atom. The molecule has 0 fully saturated rings. The van der Waals surface area contributed by atoms with Gasteiger partial charge in [0.15, 0.2) is 0 Å². The molecule has 0 unspecified atom stereocenters. The second-order valence-corrected chi connectivity index (χ2v) is 5.14. The molecule has 0 aromatic carbocycles. The fourth-order valence-electron chi connectivity index (χ4n) is 0.795. The van der Waals surface area contributed by atoms with Crippen LogP contribution in [0.1, 0.15) is 46.5 Å². The predicted molar refractivity (Wildman–Crippen MR) is 58.3 cm³/mol. The maximum atomic E-state index is 9.40. The molecular weight excluding hydrogens is 163 g/mol. The standard InChI is InChI=1S/C4H8O.2C3H7.Al.H/c1-2-3-4-5;2*1-3-2;;/h4H,2-3H2,1H3;2*1,3H2,2H3;;. The number of hydrogen-bond acceptors (Lipinski definition) is 1. The van der Waals surface area contributed by atoms with Gasteiger partial charge in [0.2, 0.25) is 15.2 Å². The monoisotopic (exact) mass is 186 g/mol. The maximum Gasteiger partial charge on any atom is 0.236 e. The number of aldehydes is 1. The predicted octanol–water partition coefficient (Wildman–Crippen LogP) is 3.06. The van der Waals surface area contributed by atoms with Gasteiger partial charge in [0.05, 0.1) is 0 Å². The van der Waals surface area contributed by atoms with Crippen LogP contribution in [0.4, 0.5) is 0 Å². The first-order valence-corrected chi connectivity index (χ1v) is 7.27. The highest BCUT2D eigenvalue weighted by molar-refractivity contribution is 6.35. The van der Waals surface area contributed by atoms with Gasteiger partial charge in [-0.3, -0.25) is 0 Å². The molecule has 0 saturated carbocycles. The molecule has 0 saturated heterocycles. The highest BCUT2D eigenvalue weighted by atomic mass is 27.1. The fourth-order valence-corrected chi connectivity index (χ4v) is 2.15. The Morgan fingerprint density at radius 2 is 1.50 bits per heavy atom. The van der Waals surface area contributed by atoms with Crippen LogP contribution in [0.15, 0.2) is 0 Å². The minimum absolute atomic E-state index is 0.411. The van der Waals surface area contributed by atoms with Crippen LogP contribution in [0.5, 0.6) is 0 Å². The van der Waals surface area contributed by atoms with E-state index in [1.165, 1.54) is 12.8 Å². The minimum atomic E-state index is 0.411. The molecule has 0 spiro atoms. The van der Waals surface area contributed by atoms with E-state index in [1.807, 2.05) is 6.92 Å². The summed E-state index contributed by atoms with van der Waals surface area (Å²) in [5.41, 5.74) is 0. The summed E-state index contributed by atoms with van der Waals surface area (Å²) in [7, 11) is 0. The van der Waals surface area contributed by atoms with Crippen LogP contribution in [0, 0.1) is 0 Å². The average molecular weight is 186 g/mol. The maximum absolute atomic E-state index is 9.40. The molecule has 0 aliphatic heterocycles. The second kappa shape index (κ2) is 17.3. The van der Waals surface area contributed by atoms with E-state index >= 15 is 0 Å². The van der Waals surface area contributed by atoms with Gasteiger partial charge in [-0.15, -0.1) is 0 Å². The molecule has 0 aliphatic carbocycles. The summed E-state index contributed by atoms with van der Waals surface area (Å²) in [6.07, 6.45) is 5.46. The second-order valence-electron chi connectivity index (χ2n) is 3.02. The van der Waals surface area contributed by atoms with Gasteiger partial charge >= 0.3 is 0 Å². The molecule has 0 atom stereocenters. The van der Waals surface area contributed by atoms with Crippen LogP contribution in [-0.4, -0.2) is 21.5 Å². The van der Waals surface area contributed by atoms with E-state index in [4.69, 9.17) is 0 Å². The highest BCUT2D eigenvalue weighted by Gasteiger charge is 1.86. The molecule has 0 rings (SSSR count). The Hall–Kier alpha value is 0.202. The summed E-state index contributed by atoms with van der Waals surface area (Å²) in [6, 6.07) is 0. The lowest BCUT2D eigenvalue weighted by molar-refractivity contribution is -0.107. The molecule has 0 N–H and O–H groups in total. The van der Waals surface area contributed by atoms with Crippen molar-refractivity contribution in [2.75, 3.05) is 0 Å². The van der Waals surface area contributed by atoms with E-state index in [0.29, 0.717) is 21.6 Å². The third-order valence-electron chi connectivity index (χ3n) is 1.61. The van der Waals surface area contributed by atoms with Gasteiger partial charge in [0.25, 0.3) is 0 Å². The van der Waals surface area contributed by atoms with Gasteiger partial charge in [0, 0.05) is 6.42 Å². The zero-order valence-electron chi connectivity index (χ0n) is 8.94. The van der Waals surface area contributed by atoms with E-state index in [-0.39, 0.29) is 0 Å². The van der Waals surface area contributed by atoms with E-state index in [9.17, 15) is 4.79 Å². The van der Waals surface area contributed by atoms with E-state index in [1.54, 1.807) is 10.6 Å². The zero-order valence-corrected chi connectivity index (χ0v) is 10.3. The molecule has 0 aromatic rings. The first-order chi connectivity index (χ1) is 5.83. The Morgan fingerprint density at radius 1 is 1.00 bits per heavy atom. The third kappa shape index (κ3) is 22.5. The lowest BCUT2D eigenvalue weighted by Gasteiger charge is -1.86. The Bertz CT molecular complexity index is 70.2. The normalized spacial score (nSPS) is 8.25.